The number of hydrogen-bond donors (Lipinski definition) is 3. The molecule has 8 nitrogen and oxygen atoms in total. The number of carbonyl (C=O) groups is 1. The molecule has 1 aliphatic heterocycles. The largest absolute Gasteiger partial charge is 0.491 e. The molecule has 3 heterocycles. The molecule has 192 valence electrons. The highest BCUT2D eigenvalue weighted by atomic mass is 35.5. The fourth-order valence-corrected chi connectivity index (χ4v) is 5.96. The summed E-state index contributed by atoms with van der Waals surface area (Å²) in [5, 5.41) is 29.4. The quantitative estimate of drug-likeness (QED) is 0.238. The lowest BCUT2D eigenvalue weighted by molar-refractivity contribution is 0.0939. The predicted molar refractivity (Wildman–Crippen MR) is 150 cm³/mol. The zero-order valence-electron chi connectivity index (χ0n) is 20.2. The van der Waals surface area contributed by atoms with E-state index >= 15 is 0 Å². The van der Waals surface area contributed by atoms with Gasteiger partial charge in [-0.1, -0.05) is 47.6 Å². The third kappa shape index (κ3) is 5.47. The van der Waals surface area contributed by atoms with Gasteiger partial charge in [-0.2, -0.15) is 5.26 Å². The second kappa shape index (κ2) is 11.4. The van der Waals surface area contributed by atoms with Crippen LogP contribution in [-0.4, -0.2) is 40.4 Å². The van der Waals surface area contributed by atoms with Crippen molar-refractivity contribution >= 4 is 46.4 Å². The first kappa shape index (κ1) is 26.0. The molecule has 0 aliphatic carbocycles. The molecule has 2 aromatic carbocycles. The van der Waals surface area contributed by atoms with Gasteiger partial charge in [-0.15, -0.1) is 11.3 Å². The number of hydrogen-bond acceptors (Lipinski definition) is 9. The summed E-state index contributed by atoms with van der Waals surface area (Å²) in [5.74, 6) is 1.21. The smallest absolute Gasteiger partial charge is 0.257 e. The van der Waals surface area contributed by atoms with Crippen molar-refractivity contribution in [1.82, 2.24) is 15.3 Å². The highest BCUT2D eigenvalue weighted by molar-refractivity contribution is 7.98. The van der Waals surface area contributed by atoms with Crippen LogP contribution in [0, 0.1) is 11.3 Å². The maximum atomic E-state index is 13.0. The number of aliphatic hydroxyl groups excluding tert-OH is 1. The number of fused-ring (bicyclic) bond motifs is 1. The molecule has 0 saturated carbocycles. The molecular weight excluding hydrogens is 542 g/mol. The van der Waals surface area contributed by atoms with E-state index in [9.17, 15) is 10.1 Å². The minimum absolute atomic E-state index is 0.0943. The molecule has 3 N–H and O–H groups in total. The summed E-state index contributed by atoms with van der Waals surface area (Å²) < 4.78 is 5.47. The fourth-order valence-electron chi connectivity index (χ4n) is 4.02. The number of pyridine rings is 1. The summed E-state index contributed by atoms with van der Waals surface area (Å²) in [6.45, 7) is 1.91. The summed E-state index contributed by atoms with van der Waals surface area (Å²) in [5.41, 5.74) is 3.68. The van der Waals surface area contributed by atoms with Crippen LogP contribution in [-0.2, 0) is 5.75 Å². The molecule has 5 rings (SSSR count). The van der Waals surface area contributed by atoms with Gasteiger partial charge in [0.25, 0.3) is 5.91 Å². The number of rotatable bonds is 8. The number of benzene rings is 2. The van der Waals surface area contributed by atoms with Gasteiger partial charge in [0.05, 0.1) is 29.6 Å². The molecule has 2 aromatic heterocycles. The second-order valence-electron chi connectivity index (χ2n) is 8.38. The molecule has 0 bridgehead atoms. The molecule has 38 heavy (non-hydrogen) atoms. The van der Waals surface area contributed by atoms with Crippen molar-refractivity contribution in [3.05, 3.63) is 75.8 Å². The van der Waals surface area contributed by atoms with Crippen LogP contribution in [0.25, 0.3) is 21.7 Å². The zero-order valence-corrected chi connectivity index (χ0v) is 22.6. The van der Waals surface area contributed by atoms with Gasteiger partial charge in [-0.05, 0) is 36.8 Å². The van der Waals surface area contributed by atoms with E-state index in [2.05, 4.69) is 16.7 Å². The maximum absolute atomic E-state index is 13.0. The molecule has 0 fully saturated rings. The van der Waals surface area contributed by atoms with Crippen molar-refractivity contribution in [2.45, 2.75) is 23.9 Å². The monoisotopic (exact) mass is 563 g/mol. The molecule has 1 aliphatic rings. The van der Waals surface area contributed by atoms with Crippen molar-refractivity contribution in [2.75, 3.05) is 18.5 Å². The predicted octanol–water partition coefficient (Wildman–Crippen LogP) is 5.56. The Morgan fingerprint density at radius 1 is 1.11 bits per heavy atom. The van der Waals surface area contributed by atoms with Crippen LogP contribution >= 0.6 is 34.7 Å². The van der Waals surface area contributed by atoms with E-state index in [4.69, 9.17) is 31.4 Å². The van der Waals surface area contributed by atoms with E-state index in [-0.39, 0.29) is 25.3 Å². The number of thiazole rings is 1. The van der Waals surface area contributed by atoms with Gasteiger partial charge in [-0.25, -0.2) is 9.97 Å². The standard InChI is InChI=1S/C27H22ClN5O3S2/c1-15-30-24-23(25(35)31-15)22(16-4-8-20(9-5-16)36-11-10-34)21(12-29)27(33-24)38-14-19-13-37-26(32-19)17-2-6-18(28)7-3-17/h2-9,13,15,34H,10-11,14H2,1H3,(H,30,33)(H,31,35). The summed E-state index contributed by atoms with van der Waals surface area (Å²) in [4.78, 5) is 22.5. The number of nitrogens with one attached hydrogen (secondary N) is 2. The summed E-state index contributed by atoms with van der Waals surface area (Å²) in [6.07, 6.45) is -0.309. The highest BCUT2D eigenvalue weighted by Gasteiger charge is 2.30. The van der Waals surface area contributed by atoms with E-state index in [0.717, 1.165) is 16.3 Å². The van der Waals surface area contributed by atoms with Gasteiger partial charge in [0.2, 0.25) is 0 Å². The van der Waals surface area contributed by atoms with Crippen LogP contribution in [0.1, 0.15) is 28.5 Å². The molecular formula is C27H22ClN5O3S2. The molecule has 0 spiro atoms. The number of aliphatic hydroxyl groups is 1. The van der Waals surface area contributed by atoms with Crippen LogP contribution in [0.15, 0.2) is 58.9 Å². The Morgan fingerprint density at radius 2 is 1.84 bits per heavy atom. The first-order valence-corrected chi connectivity index (χ1v) is 13.9. The number of aromatic nitrogens is 2. The Morgan fingerprint density at radius 3 is 2.55 bits per heavy atom. The number of amides is 1. The third-order valence-electron chi connectivity index (χ3n) is 5.71. The fraction of sp³-hybridized carbons (Fsp3) is 0.185. The Kier molecular flexibility index (Phi) is 7.81. The van der Waals surface area contributed by atoms with Gasteiger partial charge in [-0.3, -0.25) is 4.79 Å². The first-order chi connectivity index (χ1) is 18.5. The van der Waals surface area contributed by atoms with E-state index < -0.39 is 0 Å². The van der Waals surface area contributed by atoms with Gasteiger partial charge < -0.3 is 20.5 Å². The number of halogens is 1. The lowest BCUT2D eigenvalue weighted by Crippen LogP contribution is -2.43. The molecule has 1 amide bonds. The number of nitriles is 1. The number of ether oxygens (including phenoxy) is 1. The molecule has 1 unspecified atom stereocenters. The molecule has 4 aromatic rings. The average Bonchev–Trinajstić information content (AvgIpc) is 3.39. The number of nitrogens with zero attached hydrogens (tertiary/aromatic N) is 3. The third-order valence-corrected chi connectivity index (χ3v) is 7.91. The first-order valence-electron chi connectivity index (χ1n) is 11.7. The van der Waals surface area contributed by atoms with E-state index in [1.54, 1.807) is 24.3 Å². The van der Waals surface area contributed by atoms with Crippen molar-refractivity contribution in [2.24, 2.45) is 0 Å². The van der Waals surface area contributed by atoms with Crippen LogP contribution in [0.5, 0.6) is 5.75 Å². The Bertz CT molecular complexity index is 1520. The summed E-state index contributed by atoms with van der Waals surface area (Å²) in [7, 11) is 0. The van der Waals surface area contributed by atoms with Crippen LogP contribution in [0.4, 0.5) is 5.82 Å². The zero-order chi connectivity index (χ0) is 26.6. The minimum Gasteiger partial charge on any atom is -0.491 e. The number of thioether (sulfide) groups is 1. The van der Waals surface area contributed by atoms with E-state index in [1.165, 1.54) is 23.1 Å². The van der Waals surface area contributed by atoms with Crippen LogP contribution in [0.3, 0.4) is 0 Å². The van der Waals surface area contributed by atoms with Crippen molar-refractivity contribution in [3.8, 4) is 33.5 Å². The highest BCUT2D eigenvalue weighted by Crippen LogP contribution is 2.39. The Hall–Kier alpha value is -3.62. The van der Waals surface area contributed by atoms with Gasteiger partial charge >= 0.3 is 0 Å². The number of anilines is 1. The van der Waals surface area contributed by atoms with Crippen molar-refractivity contribution in [3.63, 3.8) is 0 Å². The van der Waals surface area contributed by atoms with Gasteiger partial charge in [0.1, 0.15) is 34.3 Å². The molecule has 1 atom stereocenters. The Balaban J connectivity index is 1.50. The topological polar surface area (TPSA) is 120 Å². The van der Waals surface area contributed by atoms with Gasteiger partial charge in [0, 0.05) is 27.3 Å². The minimum atomic E-state index is -0.309. The van der Waals surface area contributed by atoms with E-state index in [0.29, 0.717) is 49.6 Å². The average molecular weight is 564 g/mol. The van der Waals surface area contributed by atoms with Crippen molar-refractivity contribution < 1.29 is 14.6 Å². The normalized spacial score (nSPS) is 14.3. The van der Waals surface area contributed by atoms with Crippen molar-refractivity contribution in [1.29, 1.82) is 5.26 Å². The maximum Gasteiger partial charge on any atom is 0.257 e. The Labute approximate surface area is 232 Å². The number of carbonyl (C=O) groups excluding carboxylic acids is 1. The summed E-state index contributed by atoms with van der Waals surface area (Å²) in [6, 6.07) is 16.9. The molecule has 0 saturated heterocycles. The van der Waals surface area contributed by atoms with Crippen LogP contribution in [0.2, 0.25) is 5.02 Å². The summed E-state index contributed by atoms with van der Waals surface area (Å²) >= 11 is 8.94. The lowest BCUT2D eigenvalue weighted by atomic mass is 9.94. The SMILES string of the molecule is CC1NC(=O)c2c(nc(SCc3csc(-c4ccc(Cl)cc4)n3)c(C#N)c2-c2ccc(OCCO)cc2)N1. The van der Waals surface area contributed by atoms with Gasteiger partial charge in [0.15, 0.2) is 0 Å². The molecule has 0 radical (unpaired) electrons. The molecule has 11 heteroatoms. The van der Waals surface area contributed by atoms with Crippen LogP contribution < -0.4 is 15.4 Å². The lowest BCUT2D eigenvalue weighted by Gasteiger charge is -2.27. The second-order valence-corrected chi connectivity index (χ2v) is 10.6. The van der Waals surface area contributed by atoms with E-state index in [1.807, 2.05) is 36.6 Å².